The number of hydrogen-bond donors (Lipinski definition) is 0. The Balaban J connectivity index is 1.12. The van der Waals surface area contributed by atoms with Crippen LogP contribution in [0.3, 0.4) is 0 Å². The lowest BCUT2D eigenvalue weighted by Gasteiger charge is -2.33. The van der Waals surface area contributed by atoms with Gasteiger partial charge in [-0.15, -0.1) is 0 Å². The molecule has 0 aliphatic heterocycles. The Bertz CT molecular complexity index is 3440. The molecule has 1 aliphatic rings. The second-order valence-electron chi connectivity index (χ2n) is 16.3. The molecule has 3 heteroatoms. The summed E-state index contributed by atoms with van der Waals surface area (Å²) in [5.41, 5.74) is 14.1. The van der Waals surface area contributed by atoms with Gasteiger partial charge in [0.25, 0.3) is 0 Å². The maximum Gasteiger partial charge on any atom is 0.164 e. The smallest absolute Gasteiger partial charge is 0.164 e. The van der Waals surface area contributed by atoms with Gasteiger partial charge in [0.1, 0.15) is 0 Å². The Morgan fingerprint density at radius 1 is 0.270 bits per heavy atom. The number of nitrogens with zero attached hydrogens (tertiary/aromatic N) is 3. The van der Waals surface area contributed by atoms with Crippen molar-refractivity contribution in [3.8, 4) is 67.5 Å². The van der Waals surface area contributed by atoms with Crippen LogP contribution in [0.2, 0.25) is 0 Å². The van der Waals surface area contributed by atoms with E-state index in [0.717, 1.165) is 55.3 Å². The summed E-state index contributed by atoms with van der Waals surface area (Å²) in [5, 5.41) is 4.65. The lowest BCUT2D eigenvalue weighted by molar-refractivity contribution is 0.768. The molecule has 0 radical (unpaired) electrons. The van der Waals surface area contributed by atoms with Crippen LogP contribution < -0.4 is 0 Å². The molecule has 10 aromatic carbocycles. The van der Waals surface area contributed by atoms with Crippen molar-refractivity contribution in [1.29, 1.82) is 0 Å². The molecule has 12 rings (SSSR count). The summed E-state index contributed by atoms with van der Waals surface area (Å²) in [6, 6.07) is 84.7. The zero-order chi connectivity index (χ0) is 41.7. The van der Waals surface area contributed by atoms with Crippen LogP contribution in [0.1, 0.15) is 22.3 Å². The molecule has 294 valence electrons. The first-order valence-electron chi connectivity index (χ1n) is 21.5. The highest BCUT2D eigenvalue weighted by molar-refractivity contribution is 6.07. The minimum atomic E-state index is -0.555. The molecule has 11 aromatic rings. The van der Waals surface area contributed by atoms with Gasteiger partial charge in [0.05, 0.1) is 5.41 Å². The molecule has 0 unspecified atom stereocenters. The Labute approximate surface area is 366 Å². The molecule has 0 bridgehead atoms. The normalized spacial score (nSPS) is 12.6. The predicted molar refractivity (Wildman–Crippen MR) is 259 cm³/mol. The van der Waals surface area contributed by atoms with Crippen LogP contribution in [0.4, 0.5) is 0 Å². The van der Waals surface area contributed by atoms with Gasteiger partial charge >= 0.3 is 0 Å². The lowest BCUT2D eigenvalue weighted by Crippen LogP contribution is -2.28. The van der Waals surface area contributed by atoms with Crippen molar-refractivity contribution in [2.24, 2.45) is 0 Å². The topological polar surface area (TPSA) is 38.7 Å². The van der Waals surface area contributed by atoms with E-state index in [1.54, 1.807) is 0 Å². The van der Waals surface area contributed by atoms with E-state index < -0.39 is 5.41 Å². The van der Waals surface area contributed by atoms with Crippen molar-refractivity contribution in [3.63, 3.8) is 0 Å². The fraction of sp³-hybridized carbons (Fsp3) is 0.0167. The molecule has 1 aromatic heterocycles. The van der Waals surface area contributed by atoms with Gasteiger partial charge in [-0.3, -0.25) is 0 Å². The first-order chi connectivity index (χ1) is 31.2. The molecule has 63 heavy (non-hydrogen) atoms. The van der Waals surface area contributed by atoms with Crippen molar-refractivity contribution >= 4 is 21.5 Å². The van der Waals surface area contributed by atoms with E-state index in [1.165, 1.54) is 38.6 Å². The van der Waals surface area contributed by atoms with E-state index in [9.17, 15) is 0 Å². The van der Waals surface area contributed by atoms with Crippen molar-refractivity contribution in [3.05, 3.63) is 259 Å². The van der Waals surface area contributed by atoms with Gasteiger partial charge in [-0.2, -0.15) is 0 Å². The minimum Gasteiger partial charge on any atom is -0.208 e. The minimum absolute atomic E-state index is 0.555. The van der Waals surface area contributed by atoms with E-state index in [-0.39, 0.29) is 0 Å². The number of benzene rings is 10. The maximum atomic E-state index is 5.52. The number of fused-ring (bicyclic) bond motifs is 5. The first-order valence-corrected chi connectivity index (χ1v) is 21.5. The van der Waals surface area contributed by atoms with Crippen LogP contribution in [0.25, 0.3) is 89.1 Å². The first kappa shape index (κ1) is 36.6. The van der Waals surface area contributed by atoms with Crippen LogP contribution in [0.15, 0.2) is 237 Å². The monoisotopic (exact) mass is 801 g/mol. The van der Waals surface area contributed by atoms with Crippen LogP contribution in [-0.2, 0) is 5.41 Å². The van der Waals surface area contributed by atoms with E-state index in [1.807, 2.05) is 6.07 Å². The third-order valence-electron chi connectivity index (χ3n) is 12.8. The third-order valence-corrected chi connectivity index (χ3v) is 12.8. The Morgan fingerprint density at radius 2 is 0.746 bits per heavy atom. The SMILES string of the molecule is c1ccc(-c2ccc(-c3nc(-c4cccc5c4-c4ccccc4C5(c4ccccc4)c4ccccc4)nc(-c4cccc5cccc(-c6ccc7ccccc7c6)c45)n3)cc2)cc1. The van der Waals surface area contributed by atoms with Crippen LogP contribution in [0.5, 0.6) is 0 Å². The van der Waals surface area contributed by atoms with Gasteiger partial charge in [-0.25, -0.2) is 15.0 Å². The maximum absolute atomic E-state index is 5.52. The molecule has 0 fully saturated rings. The molecule has 0 spiro atoms. The fourth-order valence-electron chi connectivity index (χ4n) is 9.99. The lowest BCUT2D eigenvalue weighted by atomic mass is 9.67. The standard InChI is InChI=1S/C60H39N3/c1-4-17-40(18-5-1)42-33-36-44(37-34-42)57-61-58(51-29-15-22-43-21-14-28-49(55(43)51)46-38-35-41-19-10-11-20-45(41)39-46)63-59(62-57)52-30-16-32-54-56(52)50-27-12-13-31-53(50)60(54,47-23-6-2-7-24-47)48-25-8-3-9-26-48/h1-39H. The summed E-state index contributed by atoms with van der Waals surface area (Å²) in [5.74, 6) is 1.88. The average molecular weight is 802 g/mol. The Morgan fingerprint density at radius 3 is 1.48 bits per heavy atom. The van der Waals surface area contributed by atoms with Gasteiger partial charge in [0, 0.05) is 22.1 Å². The van der Waals surface area contributed by atoms with Gasteiger partial charge in [0.15, 0.2) is 17.5 Å². The fourth-order valence-corrected chi connectivity index (χ4v) is 9.99. The zero-order valence-corrected chi connectivity index (χ0v) is 34.4. The van der Waals surface area contributed by atoms with Crippen molar-refractivity contribution < 1.29 is 0 Å². The molecule has 0 N–H and O–H groups in total. The number of hydrogen-bond acceptors (Lipinski definition) is 3. The van der Waals surface area contributed by atoms with Crippen LogP contribution in [0, 0.1) is 0 Å². The highest BCUT2D eigenvalue weighted by Crippen LogP contribution is 2.58. The molecule has 3 nitrogen and oxygen atoms in total. The molecule has 1 aliphatic carbocycles. The molecular weight excluding hydrogens is 763 g/mol. The molecule has 0 atom stereocenters. The van der Waals surface area contributed by atoms with E-state index in [2.05, 4.69) is 231 Å². The van der Waals surface area contributed by atoms with Gasteiger partial charge in [-0.05, 0) is 77.9 Å². The van der Waals surface area contributed by atoms with Gasteiger partial charge in [-0.1, -0.05) is 231 Å². The summed E-state index contributed by atoms with van der Waals surface area (Å²) in [6.07, 6.45) is 0. The average Bonchev–Trinajstić information content (AvgIpc) is 3.68. The quantitative estimate of drug-likeness (QED) is 0.161. The van der Waals surface area contributed by atoms with Gasteiger partial charge in [0.2, 0.25) is 0 Å². The summed E-state index contributed by atoms with van der Waals surface area (Å²) in [7, 11) is 0. The summed E-state index contributed by atoms with van der Waals surface area (Å²) >= 11 is 0. The second-order valence-corrected chi connectivity index (χ2v) is 16.3. The van der Waals surface area contributed by atoms with Crippen molar-refractivity contribution in [2.75, 3.05) is 0 Å². The molecule has 1 heterocycles. The van der Waals surface area contributed by atoms with E-state index >= 15 is 0 Å². The van der Waals surface area contributed by atoms with Gasteiger partial charge < -0.3 is 0 Å². The summed E-state index contributed by atoms with van der Waals surface area (Å²) in [4.78, 5) is 16.3. The molecule has 0 amide bonds. The van der Waals surface area contributed by atoms with E-state index in [4.69, 9.17) is 15.0 Å². The molecule has 0 saturated carbocycles. The zero-order valence-electron chi connectivity index (χ0n) is 34.4. The largest absolute Gasteiger partial charge is 0.208 e. The molecule has 0 saturated heterocycles. The summed E-state index contributed by atoms with van der Waals surface area (Å²) < 4.78 is 0. The second kappa shape index (κ2) is 15.0. The number of rotatable bonds is 7. The molecular formula is C60H39N3. The number of aromatic nitrogens is 3. The highest BCUT2D eigenvalue weighted by atomic mass is 15.0. The summed E-state index contributed by atoms with van der Waals surface area (Å²) in [6.45, 7) is 0. The Kier molecular flexibility index (Phi) is 8.72. The van der Waals surface area contributed by atoms with E-state index in [0.29, 0.717) is 17.5 Å². The Hall–Kier alpha value is -8.27. The van der Waals surface area contributed by atoms with Crippen molar-refractivity contribution in [1.82, 2.24) is 15.0 Å². The predicted octanol–water partition coefficient (Wildman–Crippen LogP) is 14.9. The van der Waals surface area contributed by atoms with Crippen molar-refractivity contribution in [2.45, 2.75) is 5.41 Å². The van der Waals surface area contributed by atoms with Crippen LogP contribution >= 0.6 is 0 Å². The van der Waals surface area contributed by atoms with Crippen LogP contribution in [-0.4, -0.2) is 15.0 Å². The highest BCUT2D eigenvalue weighted by Gasteiger charge is 2.47. The third kappa shape index (κ3) is 6.01.